The molecule has 14 heavy (non-hydrogen) atoms. The summed E-state index contributed by atoms with van der Waals surface area (Å²) < 4.78 is 0. The quantitative estimate of drug-likeness (QED) is 0.438. The second kappa shape index (κ2) is 5.79. The fourth-order valence-electron chi connectivity index (χ4n) is 0.797. The van der Waals surface area contributed by atoms with Gasteiger partial charge in [-0.05, 0) is 12.8 Å². The smallest absolute Gasteiger partial charge is 0.322 e. The predicted molar refractivity (Wildman–Crippen MR) is 50.1 cm³/mol. The number of carboxylic acid groups (broad SMARTS) is 2. The van der Waals surface area contributed by atoms with E-state index >= 15 is 0 Å². The molecule has 3 unspecified atom stereocenters. The number of rotatable bonds is 6. The van der Waals surface area contributed by atoms with Crippen molar-refractivity contribution < 1.29 is 19.8 Å². The summed E-state index contributed by atoms with van der Waals surface area (Å²) in [5, 5.41) is 16.1. The van der Waals surface area contributed by atoms with Gasteiger partial charge in [0.25, 0.3) is 0 Å². The number of aliphatic carboxylic acids is 2. The molecule has 0 rings (SSSR count). The number of hydrogen-bond donors (Lipinski definition) is 4. The van der Waals surface area contributed by atoms with Crippen LogP contribution in [0.1, 0.15) is 12.8 Å². The molecule has 82 valence electrons. The Hall–Kier alpha value is -0.850. The largest absolute Gasteiger partial charge is 0.480 e. The van der Waals surface area contributed by atoms with Gasteiger partial charge < -0.3 is 21.7 Å². The van der Waals surface area contributed by atoms with E-state index in [4.69, 9.17) is 33.3 Å². The lowest BCUT2D eigenvalue weighted by molar-refractivity contribution is -0.138. The maximum Gasteiger partial charge on any atom is 0.322 e. The molecule has 0 heterocycles. The second-order valence-electron chi connectivity index (χ2n) is 2.90. The first-order valence-corrected chi connectivity index (χ1v) is 4.40. The van der Waals surface area contributed by atoms with Crippen LogP contribution in [0.25, 0.3) is 0 Å². The number of nitrogens with two attached hydrogens (primary N) is 2. The normalized spacial score (nSPS) is 17.1. The van der Waals surface area contributed by atoms with E-state index in [0.29, 0.717) is 0 Å². The molecule has 3 atom stereocenters. The molecular weight excluding hydrogens is 212 g/mol. The van der Waals surface area contributed by atoms with Crippen LogP contribution in [-0.4, -0.2) is 39.6 Å². The Morgan fingerprint density at radius 2 is 1.64 bits per heavy atom. The Bertz CT molecular complexity index is 224. The summed E-state index contributed by atoms with van der Waals surface area (Å²) in [5.41, 5.74) is 10.4. The third-order valence-corrected chi connectivity index (χ3v) is 2.24. The van der Waals surface area contributed by atoms with E-state index in [0.717, 1.165) is 0 Å². The van der Waals surface area contributed by atoms with Crippen molar-refractivity contribution in [2.45, 2.75) is 30.3 Å². The Kier molecular flexibility index (Phi) is 5.44. The van der Waals surface area contributed by atoms with E-state index in [-0.39, 0.29) is 12.8 Å². The second-order valence-corrected chi connectivity index (χ2v) is 3.46. The van der Waals surface area contributed by atoms with Gasteiger partial charge in [0.05, 0.1) is 5.38 Å². The van der Waals surface area contributed by atoms with Crippen LogP contribution in [0.4, 0.5) is 0 Å². The number of alkyl halides is 1. The van der Waals surface area contributed by atoms with Crippen LogP contribution in [0.5, 0.6) is 0 Å². The first-order chi connectivity index (χ1) is 6.36. The highest BCUT2D eigenvalue weighted by molar-refractivity contribution is 6.22. The molecule has 0 radical (unpaired) electrons. The minimum Gasteiger partial charge on any atom is -0.480 e. The van der Waals surface area contributed by atoms with Crippen molar-refractivity contribution in [2.24, 2.45) is 11.5 Å². The van der Waals surface area contributed by atoms with Gasteiger partial charge in [0.15, 0.2) is 0 Å². The van der Waals surface area contributed by atoms with Crippen molar-refractivity contribution in [1.82, 2.24) is 0 Å². The molecule has 0 spiro atoms. The monoisotopic (exact) mass is 224 g/mol. The molecule has 0 aromatic rings. The van der Waals surface area contributed by atoms with Crippen molar-refractivity contribution in [2.75, 3.05) is 0 Å². The Morgan fingerprint density at radius 3 is 2.00 bits per heavy atom. The molecule has 0 aromatic heterocycles. The molecule has 0 saturated heterocycles. The van der Waals surface area contributed by atoms with Gasteiger partial charge in [0.2, 0.25) is 0 Å². The standard InChI is InChI=1S/C7H13ClN2O4/c8-3(5(10)7(13)14)1-2-4(9)6(11)12/h3-5H,1-2,9-10H2,(H,11,12)(H,13,14). The third kappa shape index (κ3) is 4.40. The fourth-order valence-corrected chi connectivity index (χ4v) is 1.03. The van der Waals surface area contributed by atoms with Crippen LogP contribution in [0.2, 0.25) is 0 Å². The number of hydrogen-bond acceptors (Lipinski definition) is 4. The summed E-state index contributed by atoms with van der Waals surface area (Å²) in [5.74, 6) is -2.35. The van der Waals surface area contributed by atoms with Crippen LogP contribution in [0, 0.1) is 0 Å². The Labute approximate surface area is 85.8 Å². The van der Waals surface area contributed by atoms with Gasteiger partial charge in [-0.3, -0.25) is 9.59 Å². The van der Waals surface area contributed by atoms with Crippen molar-refractivity contribution >= 4 is 23.5 Å². The first kappa shape index (κ1) is 13.2. The van der Waals surface area contributed by atoms with E-state index in [1.165, 1.54) is 0 Å². The summed E-state index contributed by atoms with van der Waals surface area (Å²) >= 11 is 5.62. The van der Waals surface area contributed by atoms with E-state index in [9.17, 15) is 9.59 Å². The zero-order valence-corrected chi connectivity index (χ0v) is 8.15. The zero-order valence-electron chi connectivity index (χ0n) is 7.39. The lowest BCUT2D eigenvalue weighted by Gasteiger charge is -2.14. The van der Waals surface area contributed by atoms with Gasteiger partial charge in [0.1, 0.15) is 12.1 Å². The minimum absolute atomic E-state index is 0.102. The molecule has 0 aliphatic rings. The lowest BCUT2D eigenvalue weighted by Crippen LogP contribution is -2.40. The van der Waals surface area contributed by atoms with Gasteiger partial charge in [-0.15, -0.1) is 11.6 Å². The molecule has 0 aliphatic heterocycles. The van der Waals surface area contributed by atoms with Crippen molar-refractivity contribution in [1.29, 1.82) is 0 Å². The van der Waals surface area contributed by atoms with Crippen LogP contribution in [0.15, 0.2) is 0 Å². The van der Waals surface area contributed by atoms with Gasteiger partial charge >= 0.3 is 11.9 Å². The summed E-state index contributed by atoms with van der Waals surface area (Å²) in [6.45, 7) is 0. The molecule has 6 N–H and O–H groups in total. The molecule has 6 nitrogen and oxygen atoms in total. The molecule has 0 amide bonds. The number of carboxylic acids is 2. The minimum atomic E-state index is -1.21. The number of halogens is 1. The lowest BCUT2D eigenvalue weighted by atomic mass is 10.1. The Balaban J connectivity index is 3.90. The molecule has 7 heteroatoms. The predicted octanol–water partition coefficient (Wildman–Crippen LogP) is -0.802. The third-order valence-electron chi connectivity index (χ3n) is 1.75. The summed E-state index contributed by atoms with van der Waals surface area (Å²) in [7, 11) is 0. The Morgan fingerprint density at radius 1 is 1.14 bits per heavy atom. The van der Waals surface area contributed by atoms with Gasteiger partial charge in [-0.25, -0.2) is 0 Å². The van der Waals surface area contributed by atoms with Crippen molar-refractivity contribution in [3.8, 4) is 0 Å². The van der Waals surface area contributed by atoms with Crippen molar-refractivity contribution in [3.05, 3.63) is 0 Å². The maximum absolute atomic E-state index is 10.4. The highest BCUT2D eigenvalue weighted by atomic mass is 35.5. The summed E-state index contributed by atoms with van der Waals surface area (Å²) in [6.07, 6.45) is 0.257. The van der Waals surface area contributed by atoms with Gasteiger partial charge in [-0.1, -0.05) is 0 Å². The summed E-state index contributed by atoms with van der Waals surface area (Å²) in [4.78, 5) is 20.7. The van der Waals surface area contributed by atoms with Crippen LogP contribution in [-0.2, 0) is 9.59 Å². The first-order valence-electron chi connectivity index (χ1n) is 3.97. The average molecular weight is 225 g/mol. The molecular formula is C7H13ClN2O4. The van der Waals surface area contributed by atoms with Gasteiger partial charge in [-0.2, -0.15) is 0 Å². The topological polar surface area (TPSA) is 127 Å². The van der Waals surface area contributed by atoms with E-state index in [1.54, 1.807) is 0 Å². The molecule has 0 saturated carbocycles. The van der Waals surface area contributed by atoms with E-state index < -0.39 is 29.4 Å². The van der Waals surface area contributed by atoms with Crippen molar-refractivity contribution in [3.63, 3.8) is 0 Å². The molecule has 0 aromatic carbocycles. The fraction of sp³-hybridized carbons (Fsp3) is 0.714. The molecule has 0 fully saturated rings. The average Bonchev–Trinajstić information content (AvgIpc) is 2.11. The molecule has 0 aliphatic carbocycles. The van der Waals surface area contributed by atoms with Crippen LogP contribution < -0.4 is 11.5 Å². The van der Waals surface area contributed by atoms with Crippen LogP contribution in [0.3, 0.4) is 0 Å². The van der Waals surface area contributed by atoms with E-state index in [2.05, 4.69) is 0 Å². The highest BCUT2D eigenvalue weighted by Gasteiger charge is 2.23. The maximum atomic E-state index is 10.4. The molecule has 0 bridgehead atoms. The SMILES string of the molecule is NC(CCC(Cl)C(N)C(=O)O)C(=O)O. The highest BCUT2D eigenvalue weighted by Crippen LogP contribution is 2.10. The zero-order chi connectivity index (χ0) is 11.3. The number of carbonyl (C=O) groups is 2. The van der Waals surface area contributed by atoms with Crippen LogP contribution >= 0.6 is 11.6 Å². The van der Waals surface area contributed by atoms with Gasteiger partial charge in [0, 0.05) is 0 Å². The van der Waals surface area contributed by atoms with E-state index in [1.807, 2.05) is 0 Å². The summed E-state index contributed by atoms with van der Waals surface area (Å²) in [6, 6.07) is -2.23.